The summed E-state index contributed by atoms with van der Waals surface area (Å²) in [5.74, 6) is 2.28. The van der Waals surface area contributed by atoms with E-state index in [1.165, 1.54) is 105 Å². The van der Waals surface area contributed by atoms with Crippen LogP contribution in [0.4, 0.5) is 17.1 Å². The van der Waals surface area contributed by atoms with Crippen molar-refractivity contribution >= 4 is 63.3 Å². The monoisotopic (exact) mass is 912 g/mol. The van der Waals surface area contributed by atoms with Gasteiger partial charge in [-0.05, 0) is 115 Å². The Bertz CT molecular complexity index is 3050. The summed E-state index contributed by atoms with van der Waals surface area (Å²) in [7, 11) is 0. The van der Waals surface area contributed by atoms with Crippen LogP contribution in [0.3, 0.4) is 0 Å². The highest BCUT2D eigenvalue weighted by atomic mass is 15.2. The average Bonchev–Trinajstić information content (AvgIpc) is 3.36. The molecule has 0 aromatic heterocycles. The van der Waals surface area contributed by atoms with Crippen LogP contribution in [0.25, 0.3) is 0 Å². The van der Waals surface area contributed by atoms with Gasteiger partial charge in [0.05, 0.1) is 16.8 Å². The first kappa shape index (κ1) is 47.4. The molecule has 350 valence electrons. The number of hydrogen-bond acceptors (Lipinski definition) is 1. The second-order valence-electron chi connectivity index (χ2n) is 22.3. The van der Waals surface area contributed by atoms with E-state index in [0.29, 0.717) is 35.5 Å². The van der Waals surface area contributed by atoms with Crippen molar-refractivity contribution in [3.63, 3.8) is 0 Å². The van der Waals surface area contributed by atoms with Gasteiger partial charge in [-0.25, -0.2) is 0 Å². The van der Waals surface area contributed by atoms with E-state index in [9.17, 15) is 0 Å². The van der Waals surface area contributed by atoms with Gasteiger partial charge in [-0.1, -0.05) is 268 Å². The van der Waals surface area contributed by atoms with Gasteiger partial charge in [0.2, 0.25) is 13.4 Å². The van der Waals surface area contributed by atoms with Crippen LogP contribution in [0.1, 0.15) is 174 Å². The number of anilines is 3. The highest BCUT2D eigenvalue weighted by Crippen LogP contribution is 2.57. The van der Waals surface area contributed by atoms with E-state index in [4.69, 9.17) is 0 Å². The summed E-state index contributed by atoms with van der Waals surface area (Å²) in [4.78, 5) is 2.59. The quantitative estimate of drug-likeness (QED) is 0.117. The van der Waals surface area contributed by atoms with Gasteiger partial charge in [-0.15, -0.1) is 0 Å². The maximum absolute atomic E-state index is 2.63. The van der Waals surface area contributed by atoms with Crippen molar-refractivity contribution in [3.8, 4) is 0 Å². The van der Waals surface area contributed by atoms with Crippen molar-refractivity contribution in [1.82, 2.24) is 0 Å². The fourth-order valence-electron chi connectivity index (χ4n) is 12.6. The molecule has 0 saturated heterocycles. The van der Waals surface area contributed by atoms with Crippen molar-refractivity contribution in [2.75, 3.05) is 4.90 Å². The van der Waals surface area contributed by atoms with E-state index in [-0.39, 0.29) is 13.4 Å². The van der Waals surface area contributed by atoms with E-state index in [2.05, 4.69) is 264 Å². The number of benzene rings is 8. The molecule has 0 aliphatic carbocycles. The maximum atomic E-state index is 2.63. The Morgan fingerprint density at radius 1 is 0.329 bits per heavy atom. The van der Waals surface area contributed by atoms with Crippen LogP contribution in [0, 0.1) is 0 Å². The molecule has 0 atom stereocenters. The number of nitrogens with zero attached hydrogens (tertiary/aromatic N) is 1. The SMILES string of the molecule is CC(C)c1cc(C(C)C)c(B2c3ccccc3B(c3c(C(C)C)cc(C(C)C)cc3C(C)C)c3cc(N4c5ccccc5C(c5ccccc5)(c5ccccc5)c5ccccc54)ccc32)c(C(C)C)c1. The Morgan fingerprint density at radius 2 is 0.671 bits per heavy atom. The van der Waals surface area contributed by atoms with Crippen molar-refractivity contribution in [1.29, 1.82) is 0 Å². The molecule has 3 heteroatoms. The molecule has 0 radical (unpaired) electrons. The van der Waals surface area contributed by atoms with Gasteiger partial charge < -0.3 is 4.90 Å². The fraction of sp³-hybridized carbons (Fsp3) is 0.284. The fourth-order valence-corrected chi connectivity index (χ4v) is 12.6. The molecule has 8 aromatic rings. The number of para-hydroxylation sites is 2. The molecule has 2 aliphatic heterocycles. The molecule has 0 saturated carbocycles. The van der Waals surface area contributed by atoms with Crippen LogP contribution in [-0.4, -0.2) is 13.4 Å². The third-order valence-electron chi connectivity index (χ3n) is 16.0. The van der Waals surface area contributed by atoms with E-state index in [1.807, 2.05) is 0 Å². The van der Waals surface area contributed by atoms with Gasteiger partial charge in [0.1, 0.15) is 0 Å². The molecule has 0 spiro atoms. The summed E-state index contributed by atoms with van der Waals surface area (Å²) < 4.78 is 0. The third kappa shape index (κ3) is 7.71. The second kappa shape index (κ2) is 18.8. The molecule has 0 bridgehead atoms. The molecule has 1 nitrogen and oxygen atoms in total. The van der Waals surface area contributed by atoms with Crippen molar-refractivity contribution in [3.05, 3.63) is 232 Å². The normalized spacial score (nSPS) is 13.9. The van der Waals surface area contributed by atoms with E-state index in [1.54, 1.807) is 0 Å². The van der Waals surface area contributed by atoms with E-state index in [0.717, 1.165) is 0 Å². The van der Waals surface area contributed by atoms with Crippen LogP contribution >= 0.6 is 0 Å². The standard InChI is InChI=1S/C67H71B2N/c1-42(2)48-37-53(44(5)6)65(54(38-48)45(7)8)68-59-31-21-22-32-60(59)69(66-55(46(9)10)39-49(43(3)4)40-56(66)47(11)12)62-41-52(35-36-61(62)68)70-63-33-23-19-29-57(63)67(50-25-15-13-16-26-50,51-27-17-14-18-28-51)58-30-20-24-34-64(58)70/h13-47H,1-12H3. The van der Waals surface area contributed by atoms with Gasteiger partial charge in [-0.2, -0.15) is 0 Å². The third-order valence-corrected chi connectivity index (χ3v) is 16.0. The first-order chi connectivity index (χ1) is 33.7. The largest absolute Gasteiger partial charge is 0.310 e. The molecular weight excluding hydrogens is 840 g/mol. The Kier molecular flexibility index (Phi) is 12.7. The summed E-state index contributed by atoms with van der Waals surface area (Å²) in [5.41, 5.74) is 25.6. The van der Waals surface area contributed by atoms with E-state index >= 15 is 0 Å². The van der Waals surface area contributed by atoms with Gasteiger partial charge in [0.25, 0.3) is 0 Å². The van der Waals surface area contributed by atoms with Crippen LogP contribution < -0.4 is 37.7 Å². The zero-order valence-corrected chi connectivity index (χ0v) is 43.8. The summed E-state index contributed by atoms with van der Waals surface area (Å²) >= 11 is 0. The molecule has 10 rings (SSSR count). The lowest BCUT2D eigenvalue weighted by Crippen LogP contribution is -2.76. The summed E-state index contributed by atoms with van der Waals surface area (Å²) in [6, 6.07) is 68.3. The van der Waals surface area contributed by atoms with Gasteiger partial charge in [-0.3, -0.25) is 0 Å². The van der Waals surface area contributed by atoms with E-state index < -0.39 is 5.41 Å². The lowest BCUT2D eigenvalue weighted by Gasteiger charge is -2.46. The smallest absolute Gasteiger partial charge is 0.240 e. The lowest BCUT2D eigenvalue weighted by molar-refractivity contribution is 0.731. The van der Waals surface area contributed by atoms with Gasteiger partial charge in [0.15, 0.2) is 0 Å². The first-order valence-corrected chi connectivity index (χ1v) is 26.4. The minimum absolute atomic E-state index is 0.0290. The predicted octanol–water partition coefficient (Wildman–Crippen LogP) is 13.9. The first-order valence-electron chi connectivity index (χ1n) is 26.4. The zero-order chi connectivity index (χ0) is 49.2. The Balaban J connectivity index is 1.32. The van der Waals surface area contributed by atoms with Crippen molar-refractivity contribution in [2.45, 2.75) is 124 Å². The summed E-state index contributed by atoms with van der Waals surface area (Å²) in [5, 5.41) is 0. The second-order valence-corrected chi connectivity index (χ2v) is 22.3. The molecule has 0 unspecified atom stereocenters. The highest BCUT2D eigenvalue weighted by molar-refractivity contribution is 7.11. The van der Waals surface area contributed by atoms with Crippen LogP contribution in [0.2, 0.25) is 0 Å². The minimum Gasteiger partial charge on any atom is -0.310 e. The van der Waals surface area contributed by atoms with Crippen molar-refractivity contribution in [2.24, 2.45) is 0 Å². The molecular formula is C67H71B2N. The molecule has 0 fully saturated rings. The summed E-state index contributed by atoms with van der Waals surface area (Å²) in [6.45, 7) is 28.8. The van der Waals surface area contributed by atoms with Gasteiger partial charge in [0, 0.05) is 5.69 Å². The highest BCUT2D eigenvalue weighted by Gasteiger charge is 2.48. The van der Waals surface area contributed by atoms with Crippen LogP contribution in [0.15, 0.2) is 176 Å². The Labute approximate surface area is 421 Å². The summed E-state index contributed by atoms with van der Waals surface area (Å²) in [6.07, 6.45) is 0. The lowest BCUT2D eigenvalue weighted by atomic mass is 9.20. The molecule has 2 aliphatic rings. The Hall–Kier alpha value is -6.31. The average molecular weight is 912 g/mol. The number of rotatable bonds is 11. The predicted molar refractivity (Wildman–Crippen MR) is 306 cm³/mol. The zero-order valence-electron chi connectivity index (χ0n) is 43.8. The van der Waals surface area contributed by atoms with Crippen LogP contribution in [0.5, 0.6) is 0 Å². The topological polar surface area (TPSA) is 3.24 Å². The molecule has 0 amide bonds. The maximum Gasteiger partial charge on any atom is 0.240 e. The number of hydrogen-bond donors (Lipinski definition) is 0. The number of fused-ring (bicyclic) bond motifs is 4. The minimum atomic E-state index is -0.536. The van der Waals surface area contributed by atoms with Crippen LogP contribution in [-0.2, 0) is 5.41 Å². The molecule has 70 heavy (non-hydrogen) atoms. The molecule has 8 aromatic carbocycles. The molecule has 2 heterocycles. The Morgan fingerprint density at radius 3 is 1.06 bits per heavy atom. The van der Waals surface area contributed by atoms with Gasteiger partial charge >= 0.3 is 0 Å². The van der Waals surface area contributed by atoms with Crippen molar-refractivity contribution < 1.29 is 0 Å². The molecule has 0 N–H and O–H groups in total.